The third kappa shape index (κ3) is 34.6. The Morgan fingerprint density at radius 1 is 0.625 bits per heavy atom. The van der Waals surface area contributed by atoms with Crippen molar-refractivity contribution in [2.24, 2.45) is 28.7 Å². The number of hydrogen-bond acceptors (Lipinski definition) is 10. The van der Waals surface area contributed by atoms with E-state index in [9.17, 15) is 24.0 Å². The highest BCUT2D eigenvalue weighted by Gasteiger charge is 2.12. The number of aliphatic carboxylic acids is 5. The van der Waals surface area contributed by atoms with Crippen LogP contribution in [0, 0.1) is 0 Å². The molecule has 0 rings (SSSR count). The first kappa shape index (κ1) is 36.5. The van der Waals surface area contributed by atoms with Crippen LogP contribution in [0.4, 0.5) is 0 Å². The van der Waals surface area contributed by atoms with Crippen LogP contribution >= 0.6 is 0 Å². The Hall–Kier alpha value is -2.85. The van der Waals surface area contributed by atoms with Crippen molar-refractivity contribution >= 4 is 29.8 Å². The van der Waals surface area contributed by atoms with Crippen molar-refractivity contribution < 1.29 is 49.5 Å². The smallest absolute Gasteiger partial charge is 0.320 e. The van der Waals surface area contributed by atoms with Crippen LogP contribution in [0.25, 0.3) is 0 Å². The van der Waals surface area contributed by atoms with E-state index in [0.29, 0.717) is 13.0 Å². The maximum absolute atomic E-state index is 10.1. The fourth-order valence-corrected chi connectivity index (χ4v) is 1.03. The predicted octanol–water partition coefficient (Wildman–Crippen LogP) is -2.37. The molecule has 0 fully saturated rings. The molecule has 0 aromatic rings. The number of hydrogen-bond donors (Lipinski definition) is 10. The summed E-state index contributed by atoms with van der Waals surface area (Å²) in [5, 5.41) is 40.3. The lowest BCUT2D eigenvalue weighted by Crippen LogP contribution is -2.30. The van der Waals surface area contributed by atoms with Crippen LogP contribution in [-0.4, -0.2) is 86.1 Å². The SMILES string of the molecule is C[C@@H](N)C(=O)O.C[C@@H](N)C(=O)O.NCCCC[C@H](N)C(=O)O.N[C@@H](CCC(=O)O)C(=O)O. The van der Waals surface area contributed by atoms with Gasteiger partial charge in [0.05, 0.1) is 0 Å². The van der Waals surface area contributed by atoms with Gasteiger partial charge in [-0.1, -0.05) is 6.42 Å². The molecule has 0 spiro atoms. The first-order valence-corrected chi connectivity index (χ1v) is 9.36. The molecule has 0 aliphatic rings. The summed E-state index contributed by atoms with van der Waals surface area (Å²) in [6, 6.07) is -3.24. The van der Waals surface area contributed by atoms with Gasteiger partial charge in [0, 0.05) is 6.42 Å². The standard InChI is InChI=1S/C6H14N2O2.C5H9NO4.2C3H7NO2/c7-4-2-1-3-5(8)6(9)10;6-3(5(9)10)1-2-4(7)8;2*1-2(4)3(5)6/h5H,1-4,7-8H2,(H,9,10);3H,1-2,6H2,(H,7,8)(H,9,10);2*2H,4H2,1H3,(H,5,6)/t5-;3-;2*2-/m0011/s1. The zero-order chi connectivity index (χ0) is 26.4. The van der Waals surface area contributed by atoms with Crippen LogP contribution in [0.2, 0.25) is 0 Å². The first-order valence-electron chi connectivity index (χ1n) is 9.36. The van der Waals surface area contributed by atoms with Crippen LogP contribution in [0.5, 0.6) is 0 Å². The zero-order valence-corrected chi connectivity index (χ0v) is 18.2. The van der Waals surface area contributed by atoms with Crippen molar-refractivity contribution in [1.29, 1.82) is 0 Å². The molecule has 0 aromatic heterocycles. The lowest BCUT2D eigenvalue weighted by molar-refractivity contribution is -0.141. The highest BCUT2D eigenvalue weighted by atomic mass is 16.4. The van der Waals surface area contributed by atoms with Gasteiger partial charge in [0.1, 0.15) is 24.2 Å². The quantitative estimate of drug-likeness (QED) is 0.141. The molecule has 0 bridgehead atoms. The second-order valence-corrected chi connectivity index (χ2v) is 6.36. The normalized spacial score (nSPS) is 13.1. The van der Waals surface area contributed by atoms with E-state index in [4.69, 9.17) is 54.2 Å². The number of carboxylic acids is 5. The molecule has 0 saturated carbocycles. The van der Waals surface area contributed by atoms with Crippen LogP contribution in [0.3, 0.4) is 0 Å². The van der Waals surface area contributed by atoms with Gasteiger partial charge in [0.15, 0.2) is 0 Å². The minimum Gasteiger partial charge on any atom is -0.481 e. The lowest BCUT2D eigenvalue weighted by atomic mass is 10.1. The summed E-state index contributed by atoms with van der Waals surface area (Å²) < 4.78 is 0. The van der Waals surface area contributed by atoms with Gasteiger partial charge in [-0.3, -0.25) is 24.0 Å². The van der Waals surface area contributed by atoms with E-state index >= 15 is 0 Å². The molecule has 4 atom stereocenters. The summed E-state index contributed by atoms with van der Waals surface area (Å²) in [6.45, 7) is 3.44. The summed E-state index contributed by atoms with van der Waals surface area (Å²) in [4.78, 5) is 49.2. The molecule has 190 valence electrons. The largest absolute Gasteiger partial charge is 0.481 e. The second-order valence-electron chi connectivity index (χ2n) is 6.36. The highest BCUT2D eigenvalue weighted by molar-refractivity contribution is 5.74. The van der Waals surface area contributed by atoms with E-state index in [0.717, 1.165) is 12.8 Å². The van der Waals surface area contributed by atoms with Crippen LogP contribution in [0.15, 0.2) is 0 Å². The Morgan fingerprint density at radius 2 is 0.938 bits per heavy atom. The molecule has 0 radical (unpaired) electrons. The number of carboxylic acid groups (broad SMARTS) is 5. The third-order valence-corrected chi connectivity index (χ3v) is 3.05. The van der Waals surface area contributed by atoms with Crippen LogP contribution in [0.1, 0.15) is 46.0 Å². The maximum Gasteiger partial charge on any atom is 0.320 e. The molecule has 15 nitrogen and oxygen atoms in total. The topological polar surface area (TPSA) is 317 Å². The Balaban J connectivity index is -0.000000168. The van der Waals surface area contributed by atoms with E-state index in [2.05, 4.69) is 0 Å². The van der Waals surface area contributed by atoms with Gasteiger partial charge >= 0.3 is 29.8 Å². The van der Waals surface area contributed by atoms with Gasteiger partial charge in [-0.15, -0.1) is 0 Å². The molecule has 15 N–H and O–H groups in total. The molecule has 0 amide bonds. The van der Waals surface area contributed by atoms with Gasteiger partial charge < -0.3 is 54.2 Å². The maximum atomic E-state index is 10.1. The highest BCUT2D eigenvalue weighted by Crippen LogP contribution is 1.97. The van der Waals surface area contributed by atoms with Gasteiger partial charge in [0.25, 0.3) is 0 Å². The minimum absolute atomic E-state index is 0.0231. The summed E-state index contributed by atoms with van der Waals surface area (Å²) in [5.41, 5.74) is 25.1. The van der Waals surface area contributed by atoms with Gasteiger partial charge in [-0.25, -0.2) is 0 Å². The van der Waals surface area contributed by atoms with Gasteiger partial charge in [-0.2, -0.15) is 0 Å². The summed E-state index contributed by atoms with van der Waals surface area (Å²) in [7, 11) is 0. The van der Waals surface area contributed by atoms with Crippen molar-refractivity contribution in [1.82, 2.24) is 0 Å². The average Bonchev–Trinajstić information content (AvgIpc) is 2.67. The minimum atomic E-state index is -1.17. The average molecular weight is 472 g/mol. The monoisotopic (exact) mass is 471 g/mol. The Kier molecular flexibility index (Phi) is 26.1. The summed E-state index contributed by atoms with van der Waals surface area (Å²) in [5.74, 6) is -5.06. The molecule has 0 saturated heterocycles. The van der Waals surface area contributed by atoms with Crippen molar-refractivity contribution in [3.63, 3.8) is 0 Å². The lowest BCUT2D eigenvalue weighted by Gasteiger charge is -2.03. The summed E-state index contributed by atoms with van der Waals surface area (Å²) >= 11 is 0. The number of nitrogens with two attached hydrogens (primary N) is 5. The van der Waals surface area contributed by atoms with Crippen molar-refractivity contribution in [3.05, 3.63) is 0 Å². The van der Waals surface area contributed by atoms with Crippen LogP contribution in [-0.2, 0) is 24.0 Å². The molecule has 32 heavy (non-hydrogen) atoms. The molecule has 15 heteroatoms. The molecule has 0 aliphatic carbocycles. The second kappa shape index (κ2) is 22.8. The number of rotatable bonds is 11. The zero-order valence-electron chi connectivity index (χ0n) is 18.2. The Morgan fingerprint density at radius 3 is 1.16 bits per heavy atom. The van der Waals surface area contributed by atoms with Gasteiger partial charge in [0.2, 0.25) is 0 Å². The van der Waals surface area contributed by atoms with Crippen molar-refractivity contribution in [3.8, 4) is 0 Å². The fraction of sp³-hybridized carbons (Fsp3) is 0.706. The third-order valence-electron chi connectivity index (χ3n) is 3.05. The molecule has 0 aromatic carbocycles. The number of carbonyl (C=O) groups is 5. The van der Waals surface area contributed by atoms with E-state index < -0.39 is 54.0 Å². The predicted molar refractivity (Wildman–Crippen MR) is 114 cm³/mol. The van der Waals surface area contributed by atoms with Crippen molar-refractivity contribution in [2.75, 3.05) is 6.54 Å². The van der Waals surface area contributed by atoms with E-state index in [1.165, 1.54) is 13.8 Å². The van der Waals surface area contributed by atoms with Gasteiger partial charge in [-0.05, 0) is 39.7 Å². The van der Waals surface area contributed by atoms with E-state index in [-0.39, 0.29) is 12.8 Å². The van der Waals surface area contributed by atoms with Crippen molar-refractivity contribution in [2.45, 2.75) is 70.1 Å². The Labute approximate surface area is 185 Å². The Bertz CT molecular complexity index is 540. The molecular formula is C17H37N5O10. The molecule has 0 aliphatic heterocycles. The molecular weight excluding hydrogens is 434 g/mol. The summed E-state index contributed by atoms with van der Waals surface area (Å²) in [6.07, 6.45) is 1.94. The van der Waals surface area contributed by atoms with Crippen LogP contribution < -0.4 is 28.7 Å². The van der Waals surface area contributed by atoms with E-state index in [1.807, 2.05) is 0 Å². The fourth-order valence-electron chi connectivity index (χ4n) is 1.03. The number of unbranched alkanes of at least 4 members (excludes halogenated alkanes) is 1. The first-order chi connectivity index (χ1) is 14.5. The molecule has 0 unspecified atom stereocenters. The molecule has 0 heterocycles. The van der Waals surface area contributed by atoms with E-state index in [1.54, 1.807) is 0 Å².